The number of hydrogen-bond donors (Lipinski definition) is 2. The van der Waals surface area contributed by atoms with Crippen LogP contribution in [0.2, 0.25) is 0 Å². The van der Waals surface area contributed by atoms with E-state index in [0.29, 0.717) is 6.42 Å². The van der Waals surface area contributed by atoms with Gasteiger partial charge >= 0.3 is 17.9 Å². The predicted octanol–water partition coefficient (Wildman–Crippen LogP) is 1.42. The van der Waals surface area contributed by atoms with Gasteiger partial charge in [0.2, 0.25) is 0 Å². The molecule has 1 aliphatic heterocycles. The van der Waals surface area contributed by atoms with Crippen LogP contribution in [0.15, 0.2) is 0 Å². The van der Waals surface area contributed by atoms with Crippen molar-refractivity contribution >= 4 is 17.9 Å². The topological polar surface area (TPSA) is 105 Å². The summed E-state index contributed by atoms with van der Waals surface area (Å²) in [6.07, 6.45) is 0.404. The number of hydrogen-bond acceptors (Lipinski definition) is 7. The second-order valence-electron chi connectivity index (χ2n) is 8.44. The van der Waals surface area contributed by atoms with Crippen LogP contribution >= 0.6 is 0 Å². The molecule has 1 fully saturated rings. The molecular formula is C19H34N2O6. The second kappa shape index (κ2) is 9.50. The fourth-order valence-electron chi connectivity index (χ4n) is 2.98. The third-order valence-electron chi connectivity index (χ3n) is 4.38. The molecule has 0 spiro atoms. The maximum atomic E-state index is 12.7. The van der Waals surface area contributed by atoms with Crippen LogP contribution in [0.3, 0.4) is 0 Å². The fourth-order valence-corrected chi connectivity index (χ4v) is 2.98. The fraction of sp³-hybridized carbons (Fsp3) is 0.842. The molecule has 8 heteroatoms. The molecule has 8 nitrogen and oxygen atoms in total. The summed E-state index contributed by atoms with van der Waals surface area (Å²) >= 11 is 0. The number of carboxylic acid groups (broad SMARTS) is 1. The van der Waals surface area contributed by atoms with Crippen molar-refractivity contribution < 1.29 is 29.0 Å². The first-order valence-electron chi connectivity index (χ1n) is 9.52. The van der Waals surface area contributed by atoms with E-state index < -0.39 is 41.6 Å². The summed E-state index contributed by atoms with van der Waals surface area (Å²) < 4.78 is 10.9. The Morgan fingerprint density at radius 2 is 1.70 bits per heavy atom. The molecule has 0 aliphatic carbocycles. The van der Waals surface area contributed by atoms with Gasteiger partial charge in [-0.25, -0.2) is 0 Å². The standard InChI is InChI=1S/C19H34N2O6/c1-8-12(4)26-17(24)14-10-21(9-13(20-14)16(22)23)15(11(2)3)18(25)27-19(5,6)7/h11-15,20H,8-10H2,1-7H3,(H,22,23)/t12?,13-,14?,15?/m0/s1. The van der Waals surface area contributed by atoms with Crippen LogP contribution in [0.4, 0.5) is 0 Å². The molecule has 0 radical (unpaired) electrons. The van der Waals surface area contributed by atoms with Crippen molar-refractivity contribution in [3.8, 4) is 0 Å². The SMILES string of the molecule is CCC(C)OC(=O)C1CN(C(C(=O)OC(C)(C)C)C(C)C)C[C@@H](C(=O)O)N1. The van der Waals surface area contributed by atoms with E-state index in [1.807, 2.05) is 20.8 Å². The van der Waals surface area contributed by atoms with Crippen LogP contribution < -0.4 is 5.32 Å². The minimum Gasteiger partial charge on any atom is -0.480 e. The number of carbonyl (C=O) groups is 3. The maximum Gasteiger partial charge on any atom is 0.324 e. The number of esters is 2. The third kappa shape index (κ3) is 7.10. The lowest BCUT2D eigenvalue weighted by molar-refractivity contribution is -0.168. The summed E-state index contributed by atoms with van der Waals surface area (Å²) in [6, 6.07) is -2.44. The molecule has 1 heterocycles. The number of carboxylic acids is 1. The van der Waals surface area contributed by atoms with E-state index >= 15 is 0 Å². The molecule has 0 amide bonds. The number of aliphatic carboxylic acids is 1. The van der Waals surface area contributed by atoms with E-state index in [1.54, 1.807) is 32.6 Å². The van der Waals surface area contributed by atoms with Gasteiger partial charge in [0.05, 0.1) is 6.10 Å². The zero-order valence-corrected chi connectivity index (χ0v) is 17.4. The van der Waals surface area contributed by atoms with Gasteiger partial charge in [-0.1, -0.05) is 20.8 Å². The lowest BCUT2D eigenvalue weighted by Crippen LogP contribution is -2.65. The van der Waals surface area contributed by atoms with Crippen LogP contribution in [-0.4, -0.2) is 70.8 Å². The Kier molecular flexibility index (Phi) is 8.23. The second-order valence-corrected chi connectivity index (χ2v) is 8.44. The summed E-state index contributed by atoms with van der Waals surface area (Å²) in [5.41, 5.74) is -0.653. The highest BCUT2D eigenvalue weighted by molar-refractivity contribution is 5.81. The van der Waals surface area contributed by atoms with Gasteiger partial charge in [0.25, 0.3) is 0 Å². The molecule has 1 saturated heterocycles. The third-order valence-corrected chi connectivity index (χ3v) is 4.38. The van der Waals surface area contributed by atoms with Crippen molar-refractivity contribution in [3.63, 3.8) is 0 Å². The minimum absolute atomic E-state index is 0.102. The average Bonchev–Trinajstić information content (AvgIpc) is 2.52. The van der Waals surface area contributed by atoms with Gasteiger partial charge in [0.15, 0.2) is 0 Å². The number of carbonyl (C=O) groups excluding carboxylic acids is 2. The highest BCUT2D eigenvalue weighted by atomic mass is 16.6. The smallest absolute Gasteiger partial charge is 0.324 e. The van der Waals surface area contributed by atoms with E-state index in [0.717, 1.165) is 0 Å². The monoisotopic (exact) mass is 386 g/mol. The predicted molar refractivity (Wildman–Crippen MR) is 100 cm³/mol. The molecule has 2 N–H and O–H groups in total. The Bertz CT molecular complexity index is 543. The molecular weight excluding hydrogens is 352 g/mol. The molecule has 0 bridgehead atoms. The molecule has 156 valence electrons. The number of nitrogens with one attached hydrogen (secondary N) is 1. The zero-order valence-electron chi connectivity index (χ0n) is 17.4. The van der Waals surface area contributed by atoms with Gasteiger partial charge in [-0.2, -0.15) is 0 Å². The Morgan fingerprint density at radius 3 is 2.15 bits per heavy atom. The van der Waals surface area contributed by atoms with Crippen LogP contribution in [-0.2, 0) is 23.9 Å². The summed E-state index contributed by atoms with van der Waals surface area (Å²) in [6.45, 7) is 13.1. The summed E-state index contributed by atoms with van der Waals surface area (Å²) in [7, 11) is 0. The van der Waals surface area contributed by atoms with Crippen molar-refractivity contribution in [2.45, 2.75) is 84.7 Å². The number of piperazine rings is 1. The van der Waals surface area contributed by atoms with Gasteiger partial charge in [-0.3, -0.25) is 24.6 Å². The lowest BCUT2D eigenvalue weighted by Gasteiger charge is -2.41. The normalized spacial score (nSPS) is 23.6. The van der Waals surface area contributed by atoms with Crippen molar-refractivity contribution in [2.24, 2.45) is 5.92 Å². The van der Waals surface area contributed by atoms with Crippen LogP contribution in [0, 0.1) is 5.92 Å². The summed E-state index contributed by atoms with van der Waals surface area (Å²) in [4.78, 5) is 38.5. The molecule has 1 aliphatic rings. The molecule has 1 rings (SSSR count). The zero-order chi connectivity index (χ0) is 20.9. The summed E-state index contributed by atoms with van der Waals surface area (Å²) in [5.74, 6) is -2.11. The van der Waals surface area contributed by atoms with E-state index in [-0.39, 0.29) is 25.1 Å². The number of rotatable bonds is 7. The quantitative estimate of drug-likeness (QED) is 0.633. The molecule has 0 aromatic carbocycles. The van der Waals surface area contributed by atoms with Crippen LogP contribution in [0.5, 0.6) is 0 Å². The summed E-state index contributed by atoms with van der Waals surface area (Å²) in [5, 5.41) is 12.3. The molecule has 0 aromatic heterocycles. The highest BCUT2D eigenvalue weighted by Gasteiger charge is 2.42. The molecule has 4 atom stereocenters. The molecule has 3 unspecified atom stereocenters. The average molecular weight is 386 g/mol. The van der Waals surface area contributed by atoms with Crippen molar-refractivity contribution in [2.75, 3.05) is 13.1 Å². The Labute approximate surface area is 161 Å². The number of nitrogens with zero attached hydrogens (tertiary/aromatic N) is 1. The van der Waals surface area contributed by atoms with E-state index in [1.165, 1.54) is 0 Å². The first-order chi connectivity index (χ1) is 12.4. The molecule has 0 saturated carbocycles. The van der Waals surface area contributed by atoms with Gasteiger partial charge in [0.1, 0.15) is 23.7 Å². The first kappa shape index (κ1) is 23.4. The van der Waals surface area contributed by atoms with Gasteiger partial charge in [-0.15, -0.1) is 0 Å². The van der Waals surface area contributed by atoms with Crippen LogP contribution in [0.1, 0.15) is 54.9 Å². The largest absolute Gasteiger partial charge is 0.480 e. The molecule has 0 aromatic rings. The Hall–Kier alpha value is -1.67. The van der Waals surface area contributed by atoms with E-state index in [9.17, 15) is 19.5 Å². The number of ether oxygens (including phenoxy) is 2. The Balaban J connectivity index is 3.04. The first-order valence-corrected chi connectivity index (χ1v) is 9.52. The highest BCUT2D eigenvalue weighted by Crippen LogP contribution is 2.20. The molecule has 27 heavy (non-hydrogen) atoms. The van der Waals surface area contributed by atoms with Gasteiger partial charge < -0.3 is 14.6 Å². The Morgan fingerprint density at radius 1 is 1.15 bits per heavy atom. The van der Waals surface area contributed by atoms with Gasteiger partial charge in [0, 0.05) is 13.1 Å². The van der Waals surface area contributed by atoms with Crippen molar-refractivity contribution in [1.82, 2.24) is 10.2 Å². The van der Waals surface area contributed by atoms with Crippen molar-refractivity contribution in [3.05, 3.63) is 0 Å². The van der Waals surface area contributed by atoms with Crippen molar-refractivity contribution in [1.29, 1.82) is 0 Å². The van der Waals surface area contributed by atoms with Crippen LogP contribution in [0.25, 0.3) is 0 Å². The van der Waals surface area contributed by atoms with E-state index in [2.05, 4.69) is 5.32 Å². The maximum absolute atomic E-state index is 12.7. The minimum atomic E-state index is -1.08. The lowest BCUT2D eigenvalue weighted by atomic mass is 9.98. The van der Waals surface area contributed by atoms with E-state index in [4.69, 9.17) is 9.47 Å². The van der Waals surface area contributed by atoms with Gasteiger partial charge in [-0.05, 0) is 40.0 Å².